The number of aromatic nitrogens is 2. The Morgan fingerprint density at radius 2 is 2.19 bits per heavy atom. The molecule has 1 heterocycles. The second kappa shape index (κ2) is 3.90. The lowest BCUT2D eigenvalue weighted by atomic mass is 10.1. The van der Waals surface area contributed by atoms with Gasteiger partial charge in [0.15, 0.2) is 0 Å². The molecule has 0 aliphatic heterocycles. The summed E-state index contributed by atoms with van der Waals surface area (Å²) in [5.74, 6) is 0.172. The summed E-state index contributed by atoms with van der Waals surface area (Å²) in [4.78, 5) is 10.3. The number of hydrogen-bond donors (Lipinski definition) is 0. The summed E-state index contributed by atoms with van der Waals surface area (Å²) in [5, 5.41) is 17.8. The van der Waals surface area contributed by atoms with Crippen LogP contribution in [0.25, 0.3) is 11.5 Å². The molecule has 1 aromatic carbocycles. The van der Waals surface area contributed by atoms with Crippen molar-refractivity contribution < 1.29 is 9.34 Å². The molecule has 7 heteroatoms. The van der Waals surface area contributed by atoms with Crippen LogP contribution < -0.4 is 0 Å². The van der Waals surface area contributed by atoms with E-state index >= 15 is 0 Å². The summed E-state index contributed by atoms with van der Waals surface area (Å²) >= 11 is 5.49. The minimum atomic E-state index is -0.461. The number of benzene rings is 1. The molecule has 6 nitrogen and oxygen atoms in total. The van der Waals surface area contributed by atoms with Crippen molar-refractivity contribution in [3.05, 3.63) is 39.2 Å². The van der Waals surface area contributed by atoms with Crippen LogP contribution in [0.1, 0.15) is 5.56 Å². The van der Waals surface area contributed by atoms with Gasteiger partial charge < -0.3 is 4.42 Å². The fraction of sp³-hybridized carbons (Fsp3) is 0.111. The van der Waals surface area contributed by atoms with E-state index in [-0.39, 0.29) is 16.9 Å². The maximum atomic E-state index is 10.7. The average molecular weight is 240 g/mol. The van der Waals surface area contributed by atoms with E-state index in [1.807, 2.05) is 0 Å². The van der Waals surface area contributed by atoms with Crippen LogP contribution in [-0.4, -0.2) is 15.1 Å². The van der Waals surface area contributed by atoms with Crippen molar-refractivity contribution in [3.8, 4) is 11.5 Å². The van der Waals surface area contributed by atoms with Gasteiger partial charge in [-0.1, -0.05) is 11.2 Å². The predicted molar refractivity (Wildman–Crippen MR) is 56.1 cm³/mol. The first-order chi connectivity index (χ1) is 7.59. The van der Waals surface area contributed by atoms with Crippen molar-refractivity contribution in [2.24, 2.45) is 0 Å². The number of nitrogens with zero attached hydrogens (tertiary/aromatic N) is 3. The first-order valence-corrected chi connectivity index (χ1v) is 4.71. The molecule has 0 spiro atoms. The topological polar surface area (TPSA) is 82.1 Å². The van der Waals surface area contributed by atoms with Crippen molar-refractivity contribution >= 4 is 17.3 Å². The van der Waals surface area contributed by atoms with E-state index in [2.05, 4.69) is 10.2 Å². The summed E-state index contributed by atoms with van der Waals surface area (Å²) in [6.07, 6.45) is 0. The van der Waals surface area contributed by atoms with Gasteiger partial charge in [-0.25, -0.2) is 0 Å². The van der Waals surface area contributed by atoms with Gasteiger partial charge in [0.1, 0.15) is 0 Å². The highest BCUT2D eigenvalue weighted by Gasteiger charge is 2.17. The Morgan fingerprint density at radius 3 is 2.75 bits per heavy atom. The standard InChI is InChI=1S/C9H6ClN3O3/c1-5-6(8-11-12-9(10)16-8)3-2-4-7(5)13(14)15/h2-4H,1H3. The molecule has 0 saturated heterocycles. The Kier molecular flexibility index (Phi) is 2.57. The van der Waals surface area contributed by atoms with Crippen molar-refractivity contribution in [1.29, 1.82) is 0 Å². The van der Waals surface area contributed by atoms with Crippen LogP contribution in [0, 0.1) is 17.0 Å². The molecule has 0 aliphatic carbocycles. The van der Waals surface area contributed by atoms with E-state index < -0.39 is 4.92 Å². The molecule has 16 heavy (non-hydrogen) atoms. The molecule has 2 aromatic rings. The third-order valence-corrected chi connectivity index (χ3v) is 2.29. The quantitative estimate of drug-likeness (QED) is 0.594. The van der Waals surface area contributed by atoms with Gasteiger partial charge in [-0.15, -0.1) is 5.10 Å². The molecule has 0 N–H and O–H groups in total. The molecule has 82 valence electrons. The second-order valence-corrected chi connectivity index (χ2v) is 3.39. The van der Waals surface area contributed by atoms with Crippen LogP contribution in [0.4, 0.5) is 5.69 Å². The normalized spacial score (nSPS) is 10.4. The number of nitro groups is 1. The van der Waals surface area contributed by atoms with Gasteiger partial charge in [0.2, 0.25) is 5.89 Å². The SMILES string of the molecule is Cc1c(-c2nnc(Cl)o2)cccc1[N+](=O)[O-]. The fourth-order valence-electron chi connectivity index (χ4n) is 1.37. The number of nitro benzene ring substituents is 1. The smallest absolute Gasteiger partial charge is 0.313 e. The summed E-state index contributed by atoms with van der Waals surface area (Å²) in [5.41, 5.74) is 0.980. The highest BCUT2D eigenvalue weighted by Crippen LogP contribution is 2.29. The lowest BCUT2D eigenvalue weighted by Crippen LogP contribution is -1.93. The lowest BCUT2D eigenvalue weighted by molar-refractivity contribution is -0.385. The van der Waals surface area contributed by atoms with Crippen LogP contribution in [0.5, 0.6) is 0 Å². The molecule has 0 fully saturated rings. The zero-order valence-electron chi connectivity index (χ0n) is 8.18. The van der Waals surface area contributed by atoms with E-state index in [0.29, 0.717) is 11.1 Å². The molecular formula is C9H6ClN3O3. The Bertz CT molecular complexity index is 553. The molecule has 0 atom stereocenters. The molecule has 0 amide bonds. The monoisotopic (exact) mass is 239 g/mol. The van der Waals surface area contributed by atoms with E-state index in [4.69, 9.17) is 16.0 Å². The first kappa shape index (κ1) is 10.6. The van der Waals surface area contributed by atoms with Gasteiger partial charge >= 0.3 is 5.35 Å². The van der Waals surface area contributed by atoms with Crippen LogP contribution in [0.15, 0.2) is 22.6 Å². The zero-order valence-corrected chi connectivity index (χ0v) is 8.93. The summed E-state index contributed by atoms with van der Waals surface area (Å²) < 4.78 is 5.01. The summed E-state index contributed by atoms with van der Waals surface area (Å²) in [6, 6.07) is 4.63. The molecular weight excluding hydrogens is 234 g/mol. The van der Waals surface area contributed by atoms with E-state index in [9.17, 15) is 10.1 Å². The van der Waals surface area contributed by atoms with Crippen LogP contribution in [0.3, 0.4) is 0 Å². The first-order valence-electron chi connectivity index (χ1n) is 4.33. The van der Waals surface area contributed by atoms with Crippen molar-refractivity contribution in [2.45, 2.75) is 6.92 Å². The third kappa shape index (κ3) is 1.74. The van der Waals surface area contributed by atoms with Gasteiger partial charge in [-0.3, -0.25) is 10.1 Å². The van der Waals surface area contributed by atoms with Crippen LogP contribution in [0.2, 0.25) is 5.35 Å². The van der Waals surface area contributed by atoms with Gasteiger partial charge in [0, 0.05) is 17.2 Å². The zero-order chi connectivity index (χ0) is 11.7. The van der Waals surface area contributed by atoms with Crippen LogP contribution >= 0.6 is 11.6 Å². The second-order valence-electron chi connectivity index (χ2n) is 3.07. The van der Waals surface area contributed by atoms with Gasteiger partial charge in [-0.2, -0.15) is 0 Å². The highest BCUT2D eigenvalue weighted by molar-refractivity contribution is 6.27. The maximum Gasteiger partial charge on any atom is 0.313 e. The molecule has 2 rings (SSSR count). The largest absolute Gasteiger partial charge is 0.407 e. The predicted octanol–water partition coefficient (Wildman–Crippen LogP) is 2.61. The molecule has 0 radical (unpaired) electrons. The number of rotatable bonds is 2. The van der Waals surface area contributed by atoms with Gasteiger partial charge in [0.25, 0.3) is 5.69 Å². The molecule has 1 aromatic heterocycles. The molecule has 0 saturated carbocycles. The minimum Gasteiger partial charge on any atom is -0.407 e. The van der Waals surface area contributed by atoms with Crippen molar-refractivity contribution in [3.63, 3.8) is 0 Å². The van der Waals surface area contributed by atoms with Gasteiger partial charge in [0.05, 0.1) is 4.92 Å². The molecule has 0 aliphatic rings. The molecule has 0 bridgehead atoms. The Balaban J connectivity index is 2.58. The van der Waals surface area contributed by atoms with Crippen LogP contribution in [-0.2, 0) is 0 Å². The Hall–Kier alpha value is -1.95. The van der Waals surface area contributed by atoms with E-state index in [1.54, 1.807) is 19.1 Å². The van der Waals surface area contributed by atoms with Crippen molar-refractivity contribution in [1.82, 2.24) is 10.2 Å². The highest BCUT2D eigenvalue weighted by atomic mass is 35.5. The third-order valence-electron chi connectivity index (χ3n) is 2.13. The Labute approximate surface area is 95.0 Å². The number of halogens is 1. The molecule has 0 unspecified atom stereocenters. The fourth-order valence-corrected chi connectivity index (χ4v) is 1.48. The minimum absolute atomic E-state index is 0.00632. The van der Waals surface area contributed by atoms with Gasteiger partial charge in [-0.05, 0) is 24.6 Å². The lowest BCUT2D eigenvalue weighted by Gasteiger charge is -2.00. The summed E-state index contributed by atoms with van der Waals surface area (Å²) in [6.45, 7) is 1.62. The van der Waals surface area contributed by atoms with Crippen molar-refractivity contribution in [2.75, 3.05) is 0 Å². The average Bonchev–Trinajstić information content (AvgIpc) is 2.64. The van der Waals surface area contributed by atoms with E-state index in [0.717, 1.165) is 0 Å². The summed E-state index contributed by atoms with van der Waals surface area (Å²) in [7, 11) is 0. The van der Waals surface area contributed by atoms with E-state index in [1.165, 1.54) is 6.07 Å². The number of hydrogen-bond acceptors (Lipinski definition) is 5. The Morgan fingerprint density at radius 1 is 1.44 bits per heavy atom. The maximum absolute atomic E-state index is 10.7.